The van der Waals surface area contributed by atoms with Crippen molar-refractivity contribution in [3.05, 3.63) is 29.3 Å². The van der Waals surface area contributed by atoms with Crippen LogP contribution in [0.15, 0.2) is 23.8 Å². The zero-order chi connectivity index (χ0) is 32.4. The van der Waals surface area contributed by atoms with Crippen LogP contribution in [0.1, 0.15) is 32.2 Å². The minimum Gasteiger partial charge on any atom is -0.393 e. The van der Waals surface area contributed by atoms with E-state index in [0.29, 0.717) is 0 Å². The number of nitrogen functional groups attached to an aromatic ring is 2. The van der Waals surface area contributed by atoms with Crippen molar-refractivity contribution >= 4 is 42.8 Å². The van der Waals surface area contributed by atoms with Gasteiger partial charge in [-0.2, -0.15) is 4.98 Å². The molecule has 0 aliphatic carbocycles. The van der Waals surface area contributed by atoms with Crippen molar-refractivity contribution in [1.82, 2.24) is 39.0 Å². The highest BCUT2D eigenvalue weighted by atomic mass is 31.1. The van der Waals surface area contributed by atoms with E-state index in [1.54, 1.807) is 0 Å². The van der Waals surface area contributed by atoms with E-state index in [9.17, 15) is 24.7 Å². The number of nitrogens with two attached hydrogens (primary N) is 2. The topological polar surface area (TPSA) is 285 Å². The van der Waals surface area contributed by atoms with Crippen molar-refractivity contribution in [2.24, 2.45) is 11.8 Å². The van der Waals surface area contributed by atoms with E-state index in [-0.39, 0.29) is 53.5 Å². The number of nitrogens with one attached hydrogen (secondary N) is 1. The minimum atomic E-state index is -2.22. The molecule has 0 bridgehead atoms. The van der Waals surface area contributed by atoms with Gasteiger partial charge in [0.1, 0.15) is 37.1 Å². The number of aliphatic hydroxyl groups excluding tert-OH is 4. The van der Waals surface area contributed by atoms with Crippen LogP contribution < -0.4 is 17.0 Å². The number of halogens is 1. The number of anilines is 2. The predicted molar refractivity (Wildman–Crippen MR) is 152 cm³/mol. The lowest BCUT2D eigenvalue weighted by molar-refractivity contribution is -0.0915. The fraction of sp³-hybridized carbons (Fsp3) is 0.583. The first kappa shape index (κ1) is 32.6. The maximum Gasteiger partial charge on any atom is 0.327 e. The van der Waals surface area contributed by atoms with Crippen molar-refractivity contribution in [2.45, 2.75) is 62.8 Å². The third-order valence-electron chi connectivity index (χ3n) is 7.95. The minimum absolute atomic E-state index is 0.0195. The van der Waals surface area contributed by atoms with E-state index in [2.05, 4.69) is 29.9 Å². The lowest BCUT2D eigenvalue weighted by Gasteiger charge is -2.31. The van der Waals surface area contributed by atoms with E-state index in [1.165, 1.54) is 17.8 Å². The summed E-state index contributed by atoms with van der Waals surface area (Å²) in [4.78, 5) is 34.7. The molecule has 9 atom stereocenters. The molecule has 0 aromatic carbocycles. The van der Waals surface area contributed by atoms with Crippen LogP contribution in [-0.2, 0) is 18.6 Å². The van der Waals surface area contributed by atoms with Gasteiger partial charge < -0.3 is 41.4 Å². The van der Waals surface area contributed by atoms with Crippen LogP contribution in [0.3, 0.4) is 0 Å². The van der Waals surface area contributed by atoms with Gasteiger partial charge in [0.15, 0.2) is 35.0 Å². The number of rotatable bonds is 14. The fourth-order valence-corrected chi connectivity index (χ4v) is 5.96. The normalized spacial score (nSPS) is 23.9. The highest BCUT2D eigenvalue weighted by Crippen LogP contribution is 2.40. The summed E-state index contributed by atoms with van der Waals surface area (Å²) in [5.41, 5.74) is 11.2. The second-order valence-corrected chi connectivity index (χ2v) is 10.9. The average Bonchev–Trinajstić information content (AvgIpc) is 3.72. The molecule has 244 valence electrons. The molecule has 21 heteroatoms. The van der Waals surface area contributed by atoms with Crippen molar-refractivity contribution in [3.8, 4) is 0 Å². The van der Waals surface area contributed by atoms with Crippen LogP contribution in [0.5, 0.6) is 0 Å². The van der Waals surface area contributed by atoms with Crippen molar-refractivity contribution in [1.29, 1.82) is 0 Å². The summed E-state index contributed by atoms with van der Waals surface area (Å²) in [5.74, 6) is -1.93. The number of aliphatic hydroxyl groups is 4. The molecule has 0 saturated carbocycles. The van der Waals surface area contributed by atoms with Gasteiger partial charge >= 0.3 is 8.69 Å². The Morgan fingerprint density at radius 1 is 1.18 bits per heavy atom. The highest BCUT2D eigenvalue weighted by Gasteiger charge is 2.46. The van der Waals surface area contributed by atoms with Gasteiger partial charge in [0.25, 0.3) is 5.56 Å². The van der Waals surface area contributed by atoms with Gasteiger partial charge in [0, 0.05) is 11.8 Å². The van der Waals surface area contributed by atoms with Gasteiger partial charge in [-0.1, -0.05) is 6.92 Å². The van der Waals surface area contributed by atoms with Gasteiger partial charge in [-0.15, -0.1) is 0 Å². The Kier molecular flexibility index (Phi) is 9.94. The molecule has 5 rings (SSSR count). The monoisotopic (exact) mass is 654 g/mol. The molecular formula is C24H32FN10O9P. The number of alkyl halides is 1. The first-order valence-corrected chi connectivity index (χ1v) is 14.5. The lowest BCUT2D eigenvalue weighted by atomic mass is 9.87. The number of imidazole rings is 2. The van der Waals surface area contributed by atoms with Gasteiger partial charge in [-0.25, -0.2) is 28.9 Å². The van der Waals surface area contributed by atoms with E-state index in [0.717, 1.165) is 17.2 Å². The van der Waals surface area contributed by atoms with Gasteiger partial charge in [0.2, 0.25) is 5.95 Å². The molecule has 1 aliphatic heterocycles. The number of hydrogen-bond acceptors (Lipinski definition) is 16. The third kappa shape index (κ3) is 6.36. The number of aromatic amines is 1. The van der Waals surface area contributed by atoms with Crippen LogP contribution in [0, 0.1) is 11.8 Å². The lowest BCUT2D eigenvalue weighted by Crippen LogP contribution is -2.41. The Bertz CT molecular complexity index is 1690. The Labute approximate surface area is 254 Å². The maximum absolute atomic E-state index is 15.8. The van der Waals surface area contributed by atoms with Crippen molar-refractivity contribution < 1.29 is 43.4 Å². The van der Waals surface area contributed by atoms with Crippen molar-refractivity contribution in [3.63, 3.8) is 0 Å². The number of ether oxygens (including phenoxy) is 2. The van der Waals surface area contributed by atoms with E-state index < -0.39 is 75.9 Å². The van der Waals surface area contributed by atoms with Crippen LogP contribution >= 0.6 is 8.69 Å². The summed E-state index contributed by atoms with van der Waals surface area (Å²) in [6.45, 7) is 0.655. The number of fused-ring (bicyclic) bond motifs is 2. The van der Waals surface area contributed by atoms with Crippen molar-refractivity contribution in [2.75, 3.05) is 24.9 Å². The summed E-state index contributed by atoms with van der Waals surface area (Å²) < 4.78 is 45.8. The number of nitrogens with zero attached hydrogens (tertiary/aromatic N) is 7. The molecule has 9 unspecified atom stereocenters. The Morgan fingerprint density at radius 3 is 2.67 bits per heavy atom. The molecular weight excluding hydrogens is 622 g/mol. The van der Waals surface area contributed by atoms with Gasteiger partial charge in [-0.05, 0) is 12.8 Å². The highest BCUT2D eigenvalue weighted by molar-refractivity contribution is 7.17. The van der Waals surface area contributed by atoms with Crippen LogP contribution in [-0.4, -0.2) is 103 Å². The van der Waals surface area contributed by atoms with Crippen LogP contribution in [0.4, 0.5) is 16.2 Å². The van der Waals surface area contributed by atoms with E-state index in [1.807, 2.05) is 0 Å². The summed E-state index contributed by atoms with van der Waals surface area (Å²) in [6, 6.07) is 0. The molecule has 19 nitrogen and oxygen atoms in total. The molecule has 45 heavy (non-hydrogen) atoms. The second kappa shape index (κ2) is 13.7. The molecule has 1 saturated heterocycles. The standard InChI is InChI=1S/C24H32FN10O9P/c1-9(17(44-45-41)13(25)22(40)34-6-30-14-18(26)28-5-29-19(14)34)11(37)3-2-10-16(38)12(4-42-8-36)43-23(10)35-7-31-15-20(35)32-24(27)33-21(15)39/h5-7,9-13,16-17,22-23,36-38,40H,2-4,8H2,1H3,(H2,26,28,29)(H3,27,32,33,39). The molecule has 4 aromatic heterocycles. The molecule has 0 spiro atoms. The molecule has 0 amide bonds. The predicted octanol–water partition coefficient (Wildman–Crippen LogP) is -0.837. The molecule has 0 radical (unpaired) electrons. The summed E-state index contributed by atoms with van der Waals surface area (Å²) in [6.07, 6.45) is -6.47. The molecule has 9 N–H and O–H groups in total. The zero-order valence-corrected chi connectivity index (χ0v) is 24.6. The number of aromatic nitrogens is 8. The van der Waals surface area contributed by atoms with Crippen LogP contribution in [0.2, 0.25) is 0 Å². The summed E-state index contributed by atoms with van der Waals surface area (Å²) >= 11 is 0. The summed E-state index contributed by atoms with van der Waals surface area (Å²) in [5, 5.41) is 42.2. The second-order valence-electron chi connectivity index (χ2n) is 10.6. The molecule has 1 fully saturated rings. The number of H-pyrrole nitrogens is 1. The Morgan fingerprint density at radius 2 is 1.93 bits per heavy atom. The SMILES string of the molecule is CC(C(O)CCC1C(O)C(COCO)OC1n1cnc2c(=O)[nH]c(N)nc21)C(OP=O)C(F)C(O)n1cnc2c(N)ncnc21. The number of hydrogen-bond donors (Lipinski definition) is 7. The largest absolute Gasteiger partial charge is 0.393 e. The summed E-state index contributed by atoms with van der Waals surface area (Å²) in [7, 11) is -0.892. The van der Waals surface area contributed by atoms with Crippen LogP contribution in [0.25, 0.3) is 22.3 Å². The zero-order valence-electron chi connectivity index (χ0n) is 23.7. The first-order valence-electron chi connectivity index (χ1n) is 13.7. The van der Waals surface area contributed by atoms with Gasteiger partial charge in [-0.3, -0.25) is 23.4 Å². The van der Waals surface area contributed by atoms with E-state index >= 15 is 4.39 Å². The Balaban J connectivity index is 1.34. The quantitative estimate of drug-likeness (QED) is 0.0644. The molecule has 5 heterocycles. The van der Waals surface area contributed by atoms with E-state index in [4.69, 9.17) is 30.6 Å². The average molecular weight is 655 g/mol. The molecule has 1 aliphatic rings. The third-order valence-corrected chi connectivity index (χ3v) is 8.28. The fourth-order valence-electron chi connectivity index (χ4n) is 5.55. The smallest absolute Gasteiger partial charge is 0.327 e. The van der Waals surface area contributed by atoms with Gasteiger partial charge in [0.05, 0.1) is 31.5 Å². The Hall–Kier alpha value is -3.75. The maximum atomic E-state index is 15.8. The first-order chi connectivity index (χ1) is 21.6. The molecule has 4 aromatic rings.